The molecule has 1 atom stereocenters. The van der Waals surface area contributed by atoms with Gasteiger partial charge >= 0.3 is 12.0 Å². The number of urea groups is 1. The number of nitrogens with one attached hydrogen (secondary N) is 2. The van der Waals surface area contributed by atoms with Crippen LogP contribution in [0.4, 0.5) is 4.79 Å². The van der Waals surface area contributed by atoms with Crippen LogP contribution >= 0.6 is 0 Å². The first-order valence-corrected chi connectivity index (χ1v) is 6.52. The van der Waals surface area contributed by atoms with E-state index >= 15 is 0 Å². The molecule has 0 spiro atoms. The predicted molar refractivity (Wildman–Crippen MR) is 68.7 cm³/mol. The number of amides is 3. The zero-order valence-electron chi connectivity index (χ0n) is 11.4. The molecule has 1 aliphatic heterocycles. The molecule has 1 unspecified atom stereocenters. The lowest BCUT2D eigenvalue weighted by molar-refractivity contribution is -0.150. The molecule has 0 aromatic heterocycles. The number of aliphatic carboxylic acids is 1. The Morgan fingerprint density at radius 2 is 2.00 bits per heavy atom. The van der Waals surface area contributed by atoms with Gasteiger partial charge in [-0.25, -0.2) is 4.79 Å². The third-order valence-corrected chi connectivity index (χ3v) is 3.53. The van der Waals surface area contributed by atoms with Crippen molar-refractivity contribution in [2.75, 3.05) is 19.6 Å². The Kier molecular flexibility index (Phi) is 5.29. The summed E-state index contributed by atoms with van der Waals surface area (Å²) < 4.78 is 0. The SMILES string of the molecule is CCNC(=O)NC(=O)CN1CCCC1(CC)C(=O)O. The molecule has 0 radical (unpaired) electrons. The van der Waals surface area contributed by atoms with E-state index in [1.165, 1.54) is 0 Å². The van der Waals surface area contributed by atoms with Crippen LogP contribution in [0.15, 0.2) is 0 Å². The molecule has 7 nitrogen and oxygen atoms in total. The van der Waals surface area contributed by atoms with Gasteiger partial charge in [0.25, 0.3) is 0 Å². The second-order valence-corrected chi connectivity index (χ2v) is 4.62. The first-order valence-electron chi connectivity index (χ1n) is 6.52. The Bertz CT molecular complexity index is 372. The van der Waals surface area contributed by atoms with Gasteiger partial charge in [0.2, 0.25) is 5.91 Å². The third kappa shape index (κ3) is 3.44. The van der Waals surface area contributed by atoms with Crippen molar-refractivity contribution in [1.29, 1.82) is 0 Å². The Hall–Kier alpha value is -1.63. The highest BCUT2D eigenvalue weighted by Gasteiger charge is 2.46. The molecule has 0 saturated carbocycles. The van der Waals surface area contributed by atoms with Gasteiger partial charge in [-0.05, 0) is 32.7 Å². The van der Waals surface area contributed by atoms with Crippen molar-refractivity contribution in [1.82, 2.24) is 15.5 Å². The molecular weight excluding hydrogens is 250 g/mol. The molecule has 3 amide bonds. The van der Waals surface area contributed by atoms with E-state index in [0.29, 0.717) is 25.9 Å². The van der Waals surface area contributed by atoms with Gasteiger partial charge < -0.3 is 10.4 Å². The molecule has 1 aliphatic rings. The largest absolute Gasteiger partial charge is 0.480 e. The molecule has 108 valence electrons. The maximum atomic E-state index is 11.7. The van der Waals surface area contributed by atoms with Crippen molar-refractivity contribution in [3.8, 4) is 0 Å². The van der Waals surface area contributed by atoms with E-state index in [-0.39, 0.29) is 6.54 Å². The molecule has 0 aromatic rings. The molecule has 1 rings (SSSR count). The summed E-state index contributed by atoms with van der Waals surface area (Å²) in [5, 5.41) is 14.0. The Labute approximate surface area is 112 Å². The van der Waals surface area contributed by atoms with Crippen LogP contribution in [0.25, 0.3) is 0 Å². The first-order chi connectivity index (χ1) is 8.96. The summed E-state index contributed by atoms with van der Waals surface area (Å²) in [7, 11) is 0. The smallest absolute Gasteiger partial charge is 0.324 e. The highest BCUT2D eigenvalue weighted by Crippen LogP contribution is 2.32. The van der Waals surface area contributed by atoms with Crippen molar-refractivity contribution < 1.29 is 19.5 Å². The maximum Gasteiger partial charge on any atom is 0.324 e. The number of nitrogens with zero attached hydrogens (tertiary/aromatic N) is 1. The van der Waals surface area contributed by atoms with Crippen molar-refractivity contribution in [2.24, 2.45) is 0 Å². The molecule has 0 bridgehead atoms. The van der Waals surface area contributed by atoms with E-state index in [2.05, 4.69) is 10.6 Å². The fourth-order valence-electron chi connectivity index (χ4n) is 2.50. The van der Waals surface area contributed by atoms with Crippen LogP contribution in [-0.2, 0) is 9.59 Å². The topological polar surface area (TPSA) is 98.7 Å². The lowest BCUT2D eigenvalue weighted by atomic mass is 9.93. The average molecular weight is 271 g/mol. The summed E-state index contributed by atoms with van der Waals surface area (Å²) in [6.45, 7) is 4.46. The number of carboxylic acid groups (broad SMARTS) is 1. The molecule has 0 aromatic carbocycles. The van der Waals surface area contributed by atoms with Crippen LogP contribution in [0.2, 0.25) is 0 Å². The quantitative estimate of drug-likeness (QED) is 0.661. The molecule has 1 heterocycles. The number of imide groups is 1. The zero-order chi connectivity index (χ0) is 14.5. The summed E-state index contributed by atoms with van der Waals surface area (Å²) in [6.07, 6.45) is 1.72. The van der Waals surface area contributed by atoms with E-state index in [0.717, 1.165) is 6.42 Å². The van der Waals surface area contributed by atoms with E-state index < -0.39 is 23.4 Å². The van der Waals surface area contributed by atoms with Gasteiger partial charge in [0.05, 0.1) is 6.54 Å². The van der Waals surface area contributed by atoms with E-state index in [1.807, 2.05) is 0 Å². The number of carbonyl (C=O) groups is 3. The average Bonchev–Trinajstić information content (AvgIpc) is 2.73. The Balaban J connectivity index is 2.62. The van der Waals surface area contributed by atoms with Gasteiger partial charge in [-0.3, -0.25) is 19.8 Å². The van der Waals surface area contributed by atoms with Crippen molar-refractivity contribution >= 4 is 17.9 Å². The number of carbonyl (C=O) groups excluding carboxylic acids is 2. The normalized spacial score (nSPS) is 23.1. The molecule has 1 saturated heterocycles. The summed E-state index contributed by atoms with van der Waals surface area (Å²) in [6, 6.07) is -0.552. The molecule has 7 heteroatoms. The minimum absolute atomic E-state index is 0.0721. The van der Waals surface area contributed by atoms with Crippen LogP contribution in [0.1, 0.15) is 33.1 Å². The number of likely N-dealkylation sites (tertiary alicyclic amines) is 1. The highest BCUT2D eigenvalue weighted by atomic mass is 16.4. The predicted octanol–water partition coefficient (Wildman–Crippen LogP) is 0.161. The number of rotatable bonds is 5. The van der Waals surface area contributed by atoms with Crippen molar-refractivity contribution in [3.05, 3.63) is 0 Å². The van der Waals surface area contributed by atoms with Crippen molar-refractivity contribution in [2.45, 2.75) is 38.6 Å². The number of hydrogen-bond acceptors (Lipinski definition) is 4. The molecule has 1 fully saturated rings. The molecular formula is C12H21N3O4. The first kappa shape index (κ1) is 15.4. The van der Waals surface area contributed by atoms with E-state index in [4.69, 9.17) is 0 Å². The number of hydrogen-bond donors (Lipinski definition) is 3. The second-order valence-electron chi connectivity index (χ2n) is 4.62. The fraction of sp³-hybridized carbons (Fsp3) is 0.750. The van der Waals surface area contributed by atoms with Gasteiger partial charge in [0.15, 0.2) is 0 Å². The Morgan fingerprint density at radius 1 is 1.32 bits per heavy atom. The summed E-state index contributed by atoms with van der Waals surface area (Å²) >= 11 is 0. The lowest BCUT2D eigenvalue weighted by Gasteiger charge is -2.33. The Morgan fingerprint density at radius 3 is 2.53 bits per heavy atom. The van der Waals surface area contributed by atoms with Gasteiger partial charge in [0, 0.05) is 6.54 Å². The van der Waals surface area contributed by atoms with E-state index in [9.17, 15) is 19.5 Å². The summed E-state index contributed by atoms with van der Waals surface area (Å²) in [5.74, 6) is -1.38. The minimum Gasteiger partial charge on any atom is -0.480 e. The van der Waals surface area contributed by atoms with Gasteiger partial charge in [0.1, 0.15) is 5.54 Å². The van der Waals surface area contributed by atoms with Crippen LogP contribution < -0.4 is 10.6 Å². The van der Waals surface area contributed by atoms with Gasteiger partial charge in [-0.1, -0.05) is 6.92 Å². The summed E-state index contributed by atoms with van der Waals surface area (Å²) in [5.41, 5.74) is -0.974. The monoisotopic (exact) mass is 271 g/mol. The van der Waals surface area contributed by atoms with Crippen LogP contribution in [0, 0.1) is 0 Å². The van der Waals surface area contributed by atoms with E-state index in [1.54, 1.807) is 18.7 Å². The zero-order valence-corrected chi connectivity index (χ0v) is 11.4. The van der Waals surface area contributed by atoms with Gasteiger partial charge in [-0.15, -0.1) is 0 Å². The fourth-order valence-corrected chi connectivity index (χ4v) is 2.50. The standard InChI is InChI=1S/C12H21N3O4/c1-3-12(10(17)18)6-5-7-15(12)8-9(16)14-11(19)13-4-2/h3-8H2,1-2H3,(H,17,18)(H2,13,14,16,19). The molecule has 0 aliphatic carbocycles. The van der Waals surface area contributed by atoms with Crippen molar-refractivity contribution in [3.63, 3.8) is 0 Å². The highest BCUT2D eigenvalue weighted by molar-refractivity contribution is 5.95. The maximum absolute atomic E-state index is 11.7. The van der Waals surface area contributed by atoms with Crippen LogP contribution in [0.5, 0.6) is 0 Å². The van der Waals surface area contributed by atoms with Gasteiger partial charge in [-0.2, -0.15) is 0 Å². The number of carboxylic acids is 1. The molecule has 3 N–H and O–H groups in total. The second kappa shape index (κ2) is 6.51. The lowest BCUT2D eigenvalue weighted by Crippen LogP contribution is -2.54. The third-order valence-electron chi connectivity index (χ3n) is 3.53. The molecule has 19 heavy (non-hydrogen) atoms. The summed E-state index contributed by atoms with van der Waals surface area (Å²) in [4.78, 5) is 36.0. The van der Waals surface area contributed by atoms with Crippen LogP contribution in [-0.4, -0.2) is 53.1 Å². The minimum atomic E-state index is -0.974. The van der Waals surface area contributed by atoms with Crippen LogP contribution in [0.3, 0.4) is 0 Å².